The minimum atomic E-state index is -0.929. The first-order chi connectivity index (χ1) is 41.5. The Balaban J connectivity index is 0.000000793. The lowest BCUT2D eigenvalue weighted by atomic mass is 10.1. The SMILES string of the molecule is COc1ccc2c(c1)N(C(=O)OC(C)(C)C)[C@@H](OC1CCCCO1)[C@@H]1C(OCCCCCCCCCCOC3CCN4C(=O)c5ccc(OC)cc5N(C(=O)OC(C)(C)C)[C@@H](OC5CCCCO5)[C@H]34)CCN1C2=O.ICCCCCCCCCCI. The Morgan fingerprint density at radius 1 is 0.512 bits per heavy atom. The molecule has 6 aliphatic heterocycles. The summed E-state index contributed by atoms with van der Waals surface area (Å²) < 4.78 is 64.7. The first-order valence-electron chi connectivity index (χ1n) is 32.4. The van der Waals surface area contributed by atoms with E-state index in [0.29, 0.717) is 99.2 Å². The van der Waals surface area contributed by atoms with E-state index in [0.717, 1.165) is 77.0 Å². The van der Waals surface area contributed by atoms with Crippen LogP contribution in [0.25, 0.3) is 0 Å². The van der Waals surface area contributed by atoms with Crippen LogP contribution in [0, 0.1) is 0 Å². The smallest absolute Gasteiger partial charge is 0.417 e. The van der Waals surface area contributed by atoms with Gasteiger partial charge in [0.25, 0.3) is 11.8 Å². The zero-order valence-electron chi connectivity index (χ0n) is 53.0. The fraction of sp³-hybridized carbons (Fsp3) is 0.758. The fourth-order valence-corrected chi connectivity index (χ4v) is 13.3. The van der Waals surface area contributed by atoms with Gasteiger partial charge >= 0.3 is 12.2 Å². The molecule has 0 spiro atoms. The molecule has 4 amide bonds. The molecule has 0 radical (unpaired) electrons. The number of nitrogens with zero attached hydrogens (tertiary/aromatic N) is 4. The maximum atomic E-state index is 14.4. The van der Waals surface area contributed by atoms with Crippen molar-refractivity contribution in [3.63, 3.8) is 0 Å². The zero-order chi connectivity index (χ0) is 61.6. The van der Waals surface area contributed by atoms with Crippen molar-refractivity contribution < 1.29 is 66.5 Å². The number of halogens is 2. The summed E-state index contributed by atoms with van der Waals surface area (Å²) in [5, 5.41) is 0. The van der Waals surface area contributed by atoms with Crippen LogP contribution in [-0.2, 0) is 37.9 Å². The van der Waals surface area contributed by atoms with E-state index in [9.17, 15) is 19.2 Å². The predicted octanol–water partition coefficient (Wildman–Crippen LogP) is 15.0. The lowest BCUT2D eigenvalue weighted by molar-refractivity contribution is -0.202. The van der Waals surface area contributed by atoms with Crippen molar-refractivity contribution >= 4 is 80.6 Å². The third kappa shape index (κ3) is 20.4. The number of methoxy groups -OCH3 is 2. The molecule has 8 rings (SSSR count). The van der Waals surface area contributed by atoms with Crippen LogP contribution in [-0.4, -0.2) is 157 Å². The van der Waals surface area contributed by atoms with Gasteiger partial charge in [-0.2, -0.15) is 0 Å². The van der Waals surface area contributed by atoms with E-state index < -0.39 is 60.5 Å². The van der Waals surface area contributed by atoms with Crippen LogP contribution in [0.3, 0.4) is 0 Å². The molecule has 20 heteroatoms. The van der Waals surface area contributed by atoms with Crippen LogP contribution in [0.2, 0.25) is 0 Å². The van der Waals surface area contributed by atoms with E-state index in [2.05, 4.69) is 45.2 Å². The van der Waals surface area contributed by atoms with Crippen LogP contribution in [0.5, 0.6) is 11.5 Å². The Morgan fingerprint density at radius 2 is 0.872 bits per heavy atom. The minimum absolute atomic E-state index is 0.195. The summed E-state index contributed by atoms with van der Waals surface area (Å²) in [5.41, 5.74) is -0.134. The molecule has 6 heterocycles. The Bertz CT molecular complexity index is 2250. The highest BCUT2D eigenvalue weighted by Crippen LogP contribution is 2.43. The van der Waals surface area contributed by atoms with E-state index in [1.165, 1.54) is 70.0 Å². The molecule has 0 bridgehead atoms. The van der Waals surface area contributed by atoms with Gasteiger partial charge in [-0.3, -0.25) is 9.59 Å². The largest absolute Gasteiger partial charge is 0.497 e. The van der Waals surface area contributed by atoms with Crippen LogP contribution < -0.4 is 19.3 Å². The van der Waals surface area contributed by atoms with Crippen molar-refractivity contribution in [1.29, 1.82) is 0 Å². The predicted molar refractivity (Wildman–Crippen MR) is 350 cm³/mol. The molecule has 484 valence electrons. The van der Waals surface area contributed by atoms with Gasteiger partial charge in [-0.1, -0.05) is 122 Å². The second-order valence-electron chi connectivity index (χ2n) is 25.5. The summed E-state index contributed by atoms with van der Waals surface area (Å²) in [6.45, 7) is 14.0. The summed E-state index contributed by atoms with van der Waals surface area (Å²) in [7, 11) is 3.11. The number of benzene rings is 2. The van der Waals surface area contributed by atoms with Crippen molar-refractivity contribution in [3.8, 4) is 11.5 Å². The standard InChI is InChI=1S/C56H82N4O14.C10H20I2/c1-55(2,3)73-53(63)59-41-35-37(65-7)23-25-39(41)49(61)57-29-27-43(47(57)51(59)71-45-21-15-19-33-69-45)67-31-17-13-11-9-10-12-14-18-32-68-44-28-30-58-48(44)52(72-46-22-16-20-34-70-46)60(54(64)74-56(4,5)6)42-36-38(66-8)24-26-40(42)50(58)62;11-9-7-5-3-1-2-4-6-8-10-12/h23-26,35-36,43-48,51-52H,9-22,27-34H2,1-8H3;1-10H2/t43?,44?,45?,46?,47-,48-,51-,52-;/m0./s1. The molecule has 8 atom stereocenters. The number of unbranched alkanes of at least 4 members (excludes halogenated alkanes) is 14. The zero-order valence-corrected chi connectivity index (χ0v) is 57.3. The van der Waals surface area contributed by atoms with Crippen LogP contribution >= 0.6 is 45.2 Å². The number of fused-ring (bicyclic) bond motifs is 4. The summed E-state index contributed by atoms with van der Waals surface area (Å²) in [5.74, 6) is 0.613. The molecule has 2 aromatic carbocycles. The molecule has 0 saturated carbocycles. The van der Waals surface area contributed by atoms with E-state index in [1.807, 2.05) is 41.5 Å². The van der Waals surface area contributed by atoms with Crippen molar-refractivity contribution in [3.05, 3.63) is 47.5 Å². The minimum Gasteiger partial charge on any atom is -0.497 e. The maximum Gasteiger partial charge on any atom is 0.417 e. The lowest BCUT2D eigenvalue weighted by Gasteiger charge is -2.40. The molecule has 0 aliphatic carbocycles. The van der Waals surface area contributed by atoms with Crippen molar-refractivity contribution in [2.75, 3.05) is 72.4 Å². The average molecular weight is 1430 g/mol. The van der Waals surface area contributed by atoms with Crippen molar-refractivity contribution in [2.24, 2.45) is 0 Å². The first kappa shape index (κ1) is 70.2. The Morgan fingerprint density at radius 3 is 1.20 bits per heavy atom. The van der Waals surface area contributed by atoms with Gasteiger partial charge in [0.15, 0.2) is 25.0 Å². The first-order valence-corrected chi connectivity index (χ1v) is 35.4. The van der Waals surface area contributed by atoms with Crippen LogP contribution in [0.1, 0.15) is 216 Å². The van der Waals surface area contributed by atoms with Crippen LogP contribution in [0.15, 0.2) is 36.4 Å². The Labute approximate surface area is 541 Å². The molecule has 6 aliphatic rings. The van der Waals surface area contributed by atoms with Gasteiger partial charge < -0.3 is 57.2 Å². The highest BCUT2D eigenvalue weighted by Gasteiger charge is 2.54. The number of carbonyl (C=O) groups excluding carboxylic acids is 4. The average Bonchev–Trinajstić information content (AvgIpc) is 1.84. The summed E-state index contributed by atoms with van der Waals surface area (Å²) >= 11 is 4.93. The number of hydrogen-bond acceptors (Lipinski definition) is 14. The molecular formula is C66H102I2N4O14. The summed E-state index contributed by atoms with van der Waals surface area (Å²) in [4.78, 5) is 63.8. The second kappa shape index (κ2) is 35.4. The molecule has 86 heavy (non-hydrogen) atoms. The number of rotatable bonds is 28. The maximum absolute atomic E-state index is 14.4. The number of alkyl halides is 2. The number of carbonyl (C=O) groups is 4. The highest BCUT2D eigenvalue weighted by atomic mass is 127. The molecule has 4 unspecified atom stereocenters. The van der Waals surface area contributed by atoms with Gasteiger partial charge in [0.2, 0.25) is 0 Å². The molecule has 0 N–H and O–H groups in total. The van der Waals surface area contributed by atoms with E-state index in [1.54, 1.807) is 60.4 Å². The topological polar surface area (TPSA) is 174 Å². The molecular weight excluding hydrogens is 1330 g/mol. The lowest BCUT2D eigenvalue weighted by Crippen LogP contribution is -2.58. The van der Waals surface area contributed by atoms with Crippen molar-refractivity contribution in [1.82, 2.24) is 9.80 Å². The summed E-state index contributed by atoms with van der Waals surface area (Å²) in [6, 6.07) is 9.09. The highest BCUT2D eigenvalue weighted by molar-refractivity contribution is 14.1. The van der Waals surface area contributed by atoms with Crippen LogP contribution in [0.4, 0.5) is 21.0 Å². The van der Waals surface area contributed by atoms with Crippen molar-refractivity contribution in [2.45, 2.75) is 256 Å². The van der Waals surface area contributed by atoms with Gasteiger partial charge in [-0.05, 0) is 152 Å². The number of ether oxygens (including phenoxy) is 10. The number of anilines is 2. The summed E-state index contributed by atoms with van der Waals surface area (Å²) in [6.07, 6.45) is 21.0. The Hall–Kier alpha value is -3.26. The fourth-order valence-electron chi connectivity index (χ4n) is 12.3. The van der Waals surface area contributed by atoms with Gasteiger partial charge in [0, 0.05) is 51.6 Å². The monoisotopic (exact) mass is 1430 g/mol. The second-order valence-corrected chi connectivity index (χ2v) is 27.7. The van der Waals surface area contributed by atoms with E-state index >= 15 is 0 Å². The van der Waals surface area contributed by atoms with Gasteiger partial charge in [0.1, 0.15) is 34.8 Å². The molecule has 4 fully saturated rings. The molecule has 4 saturated heterocycles. The molecule has 0 aromatic heterocycles. The Kier molecular flexibility index (Phi) is 28.9. The number of amides is 4. The third-order valence-corrected chi connectivity index (χ3v) is 18.1. The number of hydrogen-bond donors (Lipinski definition) is 0. The molecule has 2 aromatic rings. The van der Waals surface area contributed by atoms with E-state index in [4.69, 9.17) is 47.4 Å². The third-order valence-electron chi connectivity index (χ3n) is 16.6. The van der Waals surface area contributed by atoms with E-state index in [-0.39, 0.29) is 24.0 Å². The van der Waals surface area contributed by atoms with Gasteiger partial charge in [-0.25, -0.2) is 19.4 Å². The quantitative estimate of drug-likeness (QED) is 0.0447. The molecule has 18 nitrogen and oxygen atoms in total. The normalized spacial score (nSPS) is 24.0. The van der Waals surface area contributed by atoms with Gasteiger partial charge in [-0.15, -0.1) is 0 Å². The van der Waals surface area contributed by atoms with Gasteiger partial charge in [0.05, 0.1) is 48.9 Å².